The molecular weight excluding hydrogens is 157 g/mol. The smallest absolute Gasteiger partial charge is 0.112 e. The van der Waals surface area contributed by atoms with E-state index in [4.69, 9.17) is 0 Å². The molecule has 72 valence electrons. The van der Waals surface area contributed by atoms with Crippen LogP contribution in [0.1, 0.15) is 26.7 Å². The number of halogens is 1. The lowest BCUT2D eigenvalue weighted by Crippen LogP contribution is -2.33. The van der Waals surface area contributed by atoms with E-state index >= 15 is 0 Å². The number of hydrogen-bond acceptors (Lipinski definition) is 2. The summed E-state index contributed by atoms with van der Waals surface area (Å²) in [4.78, 5) is 2.03. The summed E-state index contributed by atoms with van der Waals surface area (Å²) in [5, 5.41) is 9.29. The van der Waals surface area contributed by atoms with Crippen LogP contribution in [0, 0.1) is 0 Å². The molecule has 1 saturated heterocycles. The van der Waals surface area contributed by atoms with Gasteiger partial charge in [-0.25, -0.2) is 4.39 Å². The first-order valence-corrected chi connectivity index (χ1v) is 4.69. The maximum absolute atomic E-state index is 13.0. The van der Waals surface area contributed by atoms with Crippen LogP contribution in [0.5, 0.6) is 0 Å². The topological polar surface area (TPSA) is 23.5 Å². The Balaban J connectivity index is 2.32. The minimum Gasteiger partial charge on any atom is -0.392 e. The molecule has 3 heteroatoms. The summed E-state index contributed by atoms with van der Waals surface area (Å²) in [6.07, 6.45) is 0.372. The van der Waals surface area contributed by atoms with E-state index < -0.39 is 6.17 Å². The highest BCUT2D eigenvalue weighted by Crippen LogP contribution is 2.18. The first-order valence-electron chi connectivity index (χ1n) is 4.69. The number of nitrogens with zero attached hydrogens (tertiary/aromatic N) is 1. The molecule has 1 heterocycles. The maximum Gasteiger partial charge on any atom is 0.112 e. The van der Waals surface area contributed by atoms with Gasteiger partial charge in [-0.3, -0.25) is 4.90 Å². The van der Waals surface area contributed by atoms with E-state index in [0.29, 0.717) is 25.6 Å². The van der Waals surface area contributed by atoms with E-state index in [2.05, 4.69) is 0 Å². The molecule has 0 aromatic heterocycles. The molecule has 1 aliphatic rings. The molecule has 3 unspecified atom stereocenters. The SMILES string of the molecule is CCC(F)CN1CC(O)CC1C. The van der Waals surface area contributed by atoms with Crippen LogP contribution in [0.3, 0.4) is 0 Å². The van der Waals surface area contributed by atoms with Gasteiger partial charge < -0.3 is 5.11 Å². The van der Waals surface area contributed by atoms with E-state index in [1.807, 2.05) is 18.7 Å². The van der Waals surface area contributed by atoms with Gasteiger partial charge >= 0.3 is 0 Å². The Kier molecular flexibility index (Phi) is 3.47. The number of alkyl halides is 1. The lowest BCUT2D eigenvalue weighted by molar-refractivity contribution is 0.152. The van der Waals surface area contributed by atoms with Crippen LogP contribution in [0.2, 0.25) is 0 Å². The number of rotatable bonds is 3. The van der Waals surface area contributed by atoms with Crippen molar-refractivity contribution >= 4 is 0 Å². The van der Waals surface area contributed by atoms with Crippen LogP contribution in [0.4, 0.5) is 4.39 Å². The van der Waals surface area contributed by atoms with E-state index in [1.165, 1.54) is 0 Å². The van der Waals surface area contributed by atoms with Crippen molar-refractivity contribution in [2.75, 3.05) is 13.1 Å². The van der Waals surface area contributed by atoms with E-state index in [9.17, 15) is 9.50 Å². The average molecular weight is 175 g/mol. The fourth-order valence-electron chi connectivity index (χ4n) is 1.71. The summed E-state index contributed by atoms with van der Waals surface area (Å²) in [5.74, 6) is 0. The van der Waals surface area contributed by atoms with Gasteiger partial charge in [0.25, 0.3) is 0 Å². The lowest BCUT2D eigenvalue weighted by atomic mass is 10.2. The molecule has 0 aromatic carbocycles. The summed E-state index contributed by atoms with van der Waals surface area (Å²) in [6, 6.07) is 0.338. The second-order valence-corrected chi connectivity index (χ2v) is 3.70. The monoisotopic (exact) mass is 175 g/mol. The van der Waals surface area contributed by atoms with Crippen molar-refractivity contribution in [2.24, 2.45) is 0 Å². The highest BCUT2D eigenvalue weighted by atomic mass is 19.1. The van der Waals surface area contributed by atoms with E-state index in [1.54, 1.807) is 0 Å². The predicted molar refractivity (Wildman–Crippen MR) is 46.8 cm³/mol. The van der Waals surface area contributed by atoms with E-state index in [0.717, 1.165) is 6.42 Å². The molecule has 3 atom stereocenters. The average Bonchev–Trinajstić information content (AvgIpc) is 2.30. The van der Waals surface area contributed by atoms with Crippen molar-refractivity contribution in [2.45, 2.75) is 45.0 Å². The van der Waals surface area contributed by atoms with Crippen LogP contribution in [-0.2, 0) is 0 Å². The first kappa shape index (κ1) is 9.93. The highest BCUT2D eigenvalue weighted by molar-refractivity contribution is 4.83. The molecule has 0 spiro atoms. The molecule has 1 N–H and O–H groups in total. The van der Waals surface area contributed by atoms with Gasteiger partial charge in [-0.15, -0.1) is 0 Å². The van der Waals surface area contributed by atoms with Crippen molar-refractivity contribution in [1.82, 2.24) is 4.90 Å². The van der Waals surface area contributed by atoms with Gasteiger partial charge in [-0.2, -0.15) is 0 Å². The summed E-state index contributed by atoms with van der Waals surface area (Å²) in [7, 11) is 0. The minimum atomic E-state index is -0.738. The van der Waals surface area contributed by atoms with Crippen molar-refractivity contribution in [1.29, 1.82) is 0 Å². The Morgan fingerprint density at radius 3 is 2.75 bits per heavy atom. The van der Waals surface area contributed by atoms with Gasteiger partial charge in [0.15, 0.2) is 0 Å². The molecule has 0 bridgehead atoms. The van der Waals surface area contributed by atoms with Gasteiger partial charge in [0.2, 0.25) is 0 Å². The van der Waals surface area contributed by atoms with Gasteiger partial charge in [0, 0.05) is 19.1 Å². The molecule has 1 aliphatic heterocycles. The molecule has 1 rings (SSSR count). The van der Waals surface area contributed by atoms with Crippen molar-refractivity contribution in [3.63, 3.8) is 0 Å². The number of likely N-dealkylation sites (tertiary alicyclic amines) is 1. The predicted octanol–water partition coefficient (Wildman–Crippen LogP) is 1.19. The Labute approximate surface area is 73.4 Å². The summed E-state index contributed by atoms with van der Waals surface area (Å²) in [6.45, 7) is 5.01. The zero-order valence-electron chi connectivity index (χ0n) is 7.83. The standard InChI is InChI=1S/C9H18FNO/c1-3-8(10)5-11-6-9(12)4-7(11)2/h7-9,12H,3-6H2,1-2H3. The first-order chi connectivity index (χ1) is 5.63. The van der Waals surface area contributed by atoms with Crippen LogP contribution < -0.4 is 0 Å². The molecule has 0 amide bonds. The molecule has 0 aliphatic carbocycles. The Morgan fingerprint density at radius 2 is 2.33 bits per heavy atom. The Bertz CT molecular complexity index is 142. The normalized spacial score (nSPS) is 34.0. The molecule has 12 heavy (non-hydrogen) atoms. The maximum atomic E-state index is 13.0. The second-order valence-electron chi connectivity index (χ2n) is 3.70. The van der Waals surface area contributed by atoms with Crippen LogP contribution >= 0.6 is 0 Å². The van der Waals surface area contributed by atoms with Crippen molar-refractivity contribution in [3.05, 3.63) is 0 Å². The molecule has 1 fully saturated rings. The molecule has 0 radical (unpaired) electrons. The third-order valence-corrected chi connectivity index (χ3v) is 2.56. The largest absolute Gasteiger partial charge is 0.392 e. The zero-order chi connectivity index (χ0) is 9.14. The summed E-state index contributed by atoms with van der Waals surface area (Å²) < 4.78 is 13.0. The van der Waals surface area contributed by atoms with Gasteiger partial charge in [0.05, 0.1) is 6.10 Å². The molecular formula is C9H18FNO. The van der Waals surface area contributed by atoms with Crippen LogP contribution in [0.15, 0.2) is 0 Å². The Hall–Kier alpha value is -0.150. The third kappa shape index (κ3) is 2.42. The minimum absolute atomic E-state index is 0.246. The fraction of sp³-hybridized carbons (Fsp3) is 1.00. The molecule has 0 saturated carbocycles. The van der Waals surface area contributed by atoms with Crippen molar-refractivity contribution < 1.29 is 9.50 Å². The van der Waals surface area contributed by atoms with Gasteiger partial charge in [-0.05, 0) is 19.8 Å². The lowest BCUT2D eigenvalue weighted by Gasteiger charge is -2.21. The number of aliphatic hydroxyl groups is 1. The Morgan fingerprint density at radius 1 is 1.67 bits per heavy atom. The van der Waals surface area contributed by atoms with Gasteiger partial charge in [0.1, 0.15) is 6.17 Å². The summed E-state index contributed by atoms with van der Waals surface area (Å²) in [5.41, 5.74) is 0. The quantitative estimate of drug-likeness (QED) is 0.696. The number of β-amino-alcohol motifs (C(OH)–C–C–N with tert-alkyl or cyclic N) is 1. The highest BCUT2D eigenvalue weighted by Gasteiger charge is 2.28. The number of hydrogen-bond donors (Lipinski definition) is 1. The fourth-order valence-corrected chi connectivity index (χ4v) is 1.71. The van der Waals surface area contributed by atoms with Gasteiger partial charge in [-0.1, -0.05) is 6.92 Å². The van der Waals surface area contributed by atoms with Crippen LogP contribution in [0.25, 0.3) is 0 Å². The zero-order valence-corrected chi connectivity index (χ0v) is 7.83. The number of aliphatic hydroxyl groups excluding tert-OH is 1. The molecule has 0 aromatic rings. The van der Waals surface area contributed by atoms with Crippen molar-refractivity contribution in [3.8, 4) is 0 Å². The van der Waals surface area contributed by atoms with Crippen LogP contribution in [-0.4, -0.2) is 41.4 Å². The van der Waals surface area contributed by atoms with E-state index in [-0.39, 0.29) is 6.10 Å². The molecule has 2 nitrogen and oxygen atoms in total. The third-order valence-electron chi connectivity index (χ3n) is 2.56. The summed E-state index contributed by atoms with van der Waals surface area (Å²) >= 11 is 0. The second kappa shape index (κ2) is 4.19.